The summed E-state index contributed by atoms with van der Waals surface area (Å²) in [5.41, 5.74) is 16.9. The monoisotopic (exact) mass is 170 g/mol. The van der Waals surface area contributed by atoms with Crippen LogP contribution in [0.1, 0.15) is 6.42 Å². The third-order valence-corrected chi connectivity index (χ3v) is 1.33. The molecule has 0 spiro atoms. The van der Waals surface area contributed by atoms with Gasteiger partial charge in [-0.25, -0.2) is 0 Å². The largest absolute Gasteiger partial charge is 0.405 e. The maximum Gasteiger partial charge on any atom is 0.00937 e. The Bertz CT molecular complexity index is 151. The number of nitrogens with one attached hydrogen (secondary N) is 1. The Balaban J connectivity index is 3.36. The molecule has 12 heavy (non-hydrogen) atoms. The fourth-order valence-corrected chi connectivity index (χ4v) is 0.722. The second-order valence-corrected chi connectivity index (χ2v) is 2.42. The zero-order valence-corrected chi connectivity index (χ0v) is 7.29. The molecule has 0 aliphatic heterocycles. The summed E-state index contributed by atoms with van der Waals surface area (Å²) in [6, 6.07) is 0. The topological polar surface area (TPSA) is 90.1 Å². The van der Waals surface area contributed by atoms with E-state index in [1.165, 1.54) is 6.20 Å². The molecule has 0 aromatic heterocycles. The molecule has 0 aliphatic carbocycles. The maximum atomic E-state index is 5.63. The zero-order valence-electron chi connectivity index (χ0n) is 7.29. The average molecular weight is 170 g/mol. The molecule has 0 fully saturated rings. The second kappa shape index (κ2) is 8.10. The van der Waals surface area contributed by atoms with E-state index in [4.69, 9.17) is 17.2 Å². The predicted molar refractivity (Wildman–Crippen MR) is 52.1 cm³/mol. The summed E-state index contributed by atoms with van der Waals surface area (Å²) in [4.78, 5) is 0. The number of rotatable bonds is 6. The molecule has 0 aromatic carbocycles. The van der Waals surface area contributed by atoms with E-state index in [0.717, 1.165) is 25.2 Å². The molecule has 0 rings (SSSR count). The van der Waals surface area contributed by atoms with Crippen LogP contribution in [-0.2, 0) is 0 Å². The fourth-order valence-electron chi connectivity index (χ4n) is 0.722. The van der Waals surface area contributed by atoms with Crippen LogP contribution in [0.2, 0.25) is 0 Å². The summed E-state index contributed by atoms with van der Waals surface area (Å²) in [7, 11) is 0. The van der Waals surface area contributed by atoms with Gasteiger partial charge in [0.15, 0.2) is 0 Å². The van der Waals surface area contributed by atoms with Gasteiger partial charge < -0.3 is 22.5 Å². The molecule has 70 valence electrons. The molecule has 4 heteroatoms. The number of allylic oxidation sites excluding steroid dienone is 2. The van der Waals surface area contributed by atoms with Gasteiger partial charge in [-0.15, -0.1) is 0 Å². The number of hydrogen-bond acceptors (Lipinski definition) is 4. The van der Waals surface area contributed by atoms with E-state index in [0.29, 0.717) is 6.54 Å². The summed E-state index contributed by atoms with van der Waals surface area (Å²) < 4.78 is 0. The van der Waals surface area contributed by atoms with Crippen molar-refractivity contribution in [1.29, 1.82) is 0 Å². The van der Waals surface area contributed by atoms with Crippen LogP contribution >= 0.6 is 0 Å². The van der Waals surface area contributed by atoms with Crippen molar-refractivity contribution in [3.8, 4) is 0 Å². The third-order valence-electron chi connectivity index (χ3n) is 1.33. The molecule has 7 N–H and O–H groups in total. The summed E-state index contributed by atoms with van der Waals surface area (Å²) in [6.45, 7) is 2.35. The first kappa shape index (κ1) is 11.0. The SMILES string of the molecule is N/C=C\C=C(/N)CCNCCN. The van der Waals surface area contributed by atoms with Gasteiger partial charge >= 0.3 is 0 Å². The molecule has 0 aliphatic rings. The third kappa shape index (κ3) is 7.11. The Morgan fingerprint density at radius 1 is 1.33 bits per heavy atom. The van der Waals surface area contributed by atoms with Gasteiger partial charge in [0, 0.05) is 25.3 Å². The van der Waals surface area contributed by atoms with Crippen LogP contribution in [0.5, 0.6) is 0 Å². The Hall–Kier alpha value is -1.00. The van der Waals surface area contributed by atoms with Crippen molar-refractivity contribution < 1.29 is 0 Å². The van der Waals surface area contributed by atoms with Crippen molar-refractivity contribution in [3.05, 3.63) is 24.0 Å². The minimum Gasteiger partial charge on any atom is -0.405 e. The molecule has 0 heterocycles. The molecule has 0 saturated heterocycles. The first-order valence-corrected chi connectivity index (χ1v) is 4.05. The lowest BCUT2D eigenvalue weighted by atomic mass is 10.3. The zero-order chi connectivity index (χ0) is 9.23. The van der Waals surface area contributed by atoms with E-state index in [1.54, 1.807) is 12.2 Å². The molecular weight excluding hydrogens is 152 g/mol. The normalized spacial score (nSPS) is 12.6. The lowest BCUT2D eigenvalue weighted by molar-refractivity contribution is 0.684. The Morgan fingerprint density at radius 3 is 2.67 bits per heavy atom. The smallest absolute Gasteiger partial charge is 0.00937 e. The van der Waals surface area contributed by atoms with Crippen molar-refractivity contribution in [2.24, 2.45) is 17.2 Å². The Morgan fingerprint density at radius 2 is 2.08 bits per heavy atom. The first-order chi connectivity index (χ1) is 5.81. The van der Waals surface area contributed by atoms with E-state index in [-0.39, 0.29) is 0 Å². The molecule has 0 atom stereocenters. The number of hydrogen-bond donors (Lipinski definition) is 4. The minimum absolute atomic E-state index is 0.659. The van der Waals surface area contributed by atoms with E-state index in [9.17, 15) is 0 Å². The van der Waals surface area contributed by atoms with Gasteiger partial charge in [-0.05, 0) is 24.8 Å². The van der Waals surface area contributed by atoms with Crippen LogP contribution in [0.3, 0.4) is 0 Å². The van der Waals surface area contributed by atoms with Crippen LogP contribution in [0, 0.1) is 0 Å². The lowest BCUT2D eigenvalue weighted by Crippen LogP contribution is -2.24. The van der Waals surface area contributed by atoms with Gasteiger partial charge in [0.1, 0.15) is 0 Å². The number of nitrogens with two attached hydrogens (primary N) is 3. The van der Waals surface area contributed by atoms with Crippen molar-refractivity contribution in [3.63, 3.8) is 0 Å². The highest BCUT2D eigenvalue weighted by Gasteiger charge is 1.88. The predicted octanol–water partition coefficient (Wildman–Crippen LogP) is -0.760. The highest BCUT2D eigenvalue weighted by atomic mass is 14.9. The van der Waals surface area contributed by atoms with Crippen molar-refractivity contribution in [1.82, 2.24) is 5.32 Å². The standard InChI is InChI=1S/C8H18N4/c9-4-1-2-8(11)3-6-12-7-5-10/h1-2,4,12H,3,5-7,9-11H2/b4-1-,8-2-. The summed E-state index contributed by atoms with van der Waals surface area (Å²) in [5, 5.41) is 3.14. The molecule has 0 aromatic rings. The highest BCUT2D eigenvalue weighted by Crippen LogP contribution is 1.90. The van der Waals surface area contributed by atoms with Crippen molar-refractivity contribution >= 4 is 0 Å². The van der Waals surface area contributed by atoms with Crippen molar-refractivity contribution in [2.45, 2.75) is 6.42 Å². The van der Waals surface area contributed by atoms with Crippen LogP contribution in [0.25, 0.3) is 0 Å². The Kier molecular flexibility index (Phi) is 7.42. The van der Waals surface area contributed by atoms with Crippen LogP contribution in [0.15, 0.2) is 24.0 Å². The fraction of sp³-hybridized carbons (Fsp3) is 0.500. The van der Waals surface area contributed by atoms with Gasteiger partial charge in [0.25, 0.3) is 0 Å². The molecule has 0 saturated carbocycles. The van der Waals surface area contributed by atoms with Crippen LogP contribution in [0.4, 0.5) is 0 Å². The molecular formula is C8H18N4. The van der Waals surface area contributed by atoms with E-state index >= 15 is 0 Å². The molecule has 0 unspecified atom stereocenters. The Labute approximate surface area is 73.5 Å². The van der Waals surface area contributed by atoms with E-state index in [1.807, 2.05) is 0 Å². The quantitative estimate of drug-likeness (QED) is 0.311. The van der Waals surface area contributed by atoms with Gasteiger partial charge in [-0.1, -0.05) is 0 Å². The molecule has 0 radical (unpaired) electrons. The minimum atomic E-state index is 0.659. The van der Waals surface area contributed by atoms with Gasteiger partial charge in [-0.3, -0.25) is 0 Å². The van der Waals surface area contributed by atoms with Crippen LogP contribution < -0.4 is 22.5 Å². The average Bonchev–Trinajstić information content (AvgIpc) is 2.09. The summed E-state index contributed by atoms with van der Waals surface area (Å²) in [5.74, 6) is 0. The van der Waals surface area contributed by atoms with E-state index < -0.39 is 0 Å². The van der Waals surface area contributed by atoms with Gasteiger partial charge in [-0.2, -0.15) is 0 Å². The highest BCUT2D eigenvalue weighted by molar-refractivity contribution is 5.08. The lowest BCUT2D eigenvalue weighted by Gasteiger charge is -2.01. The summed E-state index contributed by atoms with van der Waals surface area (Å²) in [6.07, 6.45) is 5.80. The van der Waals surface area contributed by atoms with Gasteiger partial charge in [0.05, 0.1) is 0 Å². The molecule has 0 bridgehead atoms. The summed E-state index contributed by atoms with van der Waals surface area (Å²) >= 11 is 0. The van der Waals surface area contributed by atoms with Crippen molar-refractivity contribution in [2.75, 3.05) is 19.6 Å². The molecule has 4 nitrogen and oxygen atoms in total. The second-order valence-electron chi connectivity index (χ2n) is 2.42. The first-order valence-electron chi connectivity index (χ1n) is 4.05. The maximum absolute atomic E-state index is 5.63. The van der Waals surface area contributed by atoms with Gasteiger partial charge in [0.2, 0.25) is 0 Å². The molecule has 0 amide bonds. The van der Waals surface area contributed by atoms with Crippen LogP contribution in [-0.4, -0.2) is 19.6 Å². The van der Waals surface area contributed by atoms with E-state index in [2.05, 4.69) is 5.32 Å².